The Morgan fingerprint density at radius 3 is 2.31 bits per heavy atom. The van der Waals surface area contributed by atoms with E-state index in [-0.39, 0.29) is 12.8 Å². The summed E-state index contributed by atoms with van der Waals surface area (Å²) in [5, 5.41) is 17.4. The van der Waals surface area contributed by atoms with Gasteiger partial charge in [-0.2, -0.15) is 0 Å². The molecule has 5 nitrogen and oxygen atoms in total. The fraction of sp³-hybridized carbons (Fsp3) is 0.300. The van der Waals surface area contributed by atoms with Gasteiger partial charge in [-0.05, 0) is 33.6 Å². The van der Waals surface area contributed by atoms with Gasteiger partial charge in [-0.25, -0.2) is 4.98 Å². The molecule has 0 amide bonds. The zero-order valence-corrected chi connectivity index (χ0v) is 9.85. The molecule has 0 saturated heterocycles. The van der Waals surface area contributed by atoms with Crippen molar-refractivity contribution in [1.29, 1.82) is 0 Å². The second-order valence-corrected chi connectivity index (χ2v) is 4.12. The van der Waals surface area contributed by atoms with Crippen LogP contribution in [0.4, 0.5) is 0 Å². The predicted octanol–water partition coefficient (Wildman–Crippen LogP) is 1.88. The Bertz CT molecular complexity index is 392. The SMILES string of the molecule is O=C(O)CC(CC(=O)O)c1ccnc(Br)c1. The van der Waals surface area contributed by atoms with E-state index in [4.69, 9.17) is 10.2 Å². The lowest BCUT2D eigenvalue weighted by atomic mass is 9.93. The average molecular weight is 288 g/mol. The third-order valence-corrected chi connectivity index (χ3v) is 2.50. The number of hydrogen-bond acceptors (Lipinski definition) is 3. The summed E-state index contributed by atoms with van der Waals surface area (Å²) in [4.78, 5) is 25.2. The summed E-state index contributed by atoms with van der Waals surface area (Å²) < 4.78 is 0.561. The Morgan fingerprint density at radius 1 is 1.31 bits per heavy atom. The van der Waals surface area contributed by atoms with E-state index < -0.39 is 17.9 Å². The van der Waals surface area contributed by atoms with Crippen LogP contribution in [-0.4, -0.2) is 27.1 Å². The monoisotopic (exact) mass is 287 g/mol. The van der Waals surface area contributed by atoms with Crippen LogP contribution >= 0.6 is 15.9 Å². The highest BCUT2D eigenvalue weighted by atomic mass is 79.9. The van der Waals surface area contributed by atoms with Gasteiger partial charge in [0.2, 0.25) is 0 Å². The lowest BCUT2D eigenvalue weighted by molar-refractivity contribution is -0.139. The summed E-state index contributed by atoms with van der Waals surface area (Å²) >= 11 is 3.16. The first-order valence-corrected chi connectivity index (χ1v) is 5.33. The second-order valence-electron chi connectivity index (χ2n) is 3.30. The molecule has 0 spiro atoms. The maximum absolute atomic E-state index is 10.6. The predicted molar refractivity (Wildman–Crippen MR) is 59.2 cm³/mol. The fourth-order valence-corrected chi connectivity index (χ4v) is 1.78. The number of hydrogen-bond donors (Lipinski definition) is 2. The number of aromatic nitrogens is 1. The van der Waals surface area contributed by atoms with Crippen LogP contribution in [0, 0.1) is 0 Å². The van der Waals surface area contributed by atoms with Crippen LogP contribution in [0.15, 0.2) is 22.9 Å². The molecule has 16 heavy (non-hydrogen) atoms. The lowest BCUT2D eigenvalue weighted by Gasteiger charge is -2.12. The normalized spacial score (nSPS) is 10.4. The van der Waals surface area contributed by atoms with Crippen molar-refractivity contribution in [3.63, 3.8) is 0 Å². The van der Waals surface area contributed by atoms with Crippen molar-refractivity contribution >= 4 is 27.9 Å². The lowest BCUT2D eigenvalue weighted by Crippen LogP contribution is -2.11. The van der Waals surface area contributed by atoms with E-state index in [1.54, 1.807) is 12.1 Å². The molecule has 1 rings (SSSR count). The Kier molecular flexibility index (Phi) is 4.42. The van der Waals surface area contributed by atoms with Crippen LogP contribution in [0.3, 0.4) is 0 Å². The standard InChI is InChI=1S/C10H10BrNO4/c11-8-3-6(1-2-12-8)7(4-9(13)14)5-10(15)16/h1-3,7H,4-5H2,(H,13,14)(H,15,16). The molecule has 0 unspecified atom stereocenters. The first kappa shape index (κ1) is 12.6. The minimum absolute atomic E-state index is 0.206. The van der Waals surface area contributed by atoms with Gasteiger partial charge in [0.15, 0.2) is 0 Å². The fourth-order valence-electron chi connectivity index (χ4n) is 1.40. The summed E-state index contributed by atoms with van der Waals surface area (Å²) in [6.45, 7) is 0. The molecule has 0 saturated carbocycles. The van der Waals surface area contributed by atoms with Crippen molar-refractivity contribution in [2.24, 2.45) is 0 Å². The Hall–Kier alpha value is -1.43. The highest BCUT2D eigenvalue weighted by Crippen LogP contribution is 2.24. The summed E-state index contributed by atoms with van der Waals surface area (Å²) in [5.41, 5.74) is 0.659. The molecular weight excluding hydrogens is 278 g/mol. The number of carboxylic acid groups (broad SMARTS) is 2. The molecule has 0 aliphatic rings. The average Bonchev–Trinajstić information content (AvgIpc) is 2.15. The largest absolute Gasteiger partial charge is 0.481 e. The van der Waals surface area contributed by atoms with Gasteiger partial charge in [0.05, 0.1) is 12.8 Å². The summed E-state index contributed by atoms with van der Waals surface area (Å²) in [7, 11) is 0. The molecule has 1 heterocycles. The highest BCUT2D eigenvalue weighted by molar-refractivity contribution is 9.10. The number of halogens is 1. The van der Waals surface area contributed by atoms with E-state index in [1.807, 2.05) is 0 Å². The molecular formula is C10H10BrNO4. The third-order valence-electron chi connectivity index (χ3n) is 2.06. The molecule has 0 aliphatic carbocycles. The van der Waals surface area contributed by atoms with Crippen LogP contribution in [0.25, 0.3) is 0 Å². The number of rotatable bonds is 5. The van der Waals surface area contributed by atoms with Crippen molar-refractivity contribution in [3.8, 4) is 0 Å². The zero-order chi connectivity index (χ0) is 12.1. The number of pyridine rings is 1. The molecule has 0 aromatic carbocycles. The zero-order valence-electron chi connectivity index (χ0n) is 8.26. The van der Waals surface area contributed by atoms with Gasteiger partial charge in [-0.15, -0.1) is 0 Å². The van der Waals surface area contributed by atoms with Crippen LogP contribution in [0.2, 0.25) is 0 Å². The molecule has 0 bridgehead atoms. The third kappa shape index (κ3) is 3.98. The van der Waals surface area contributed by atoms with Gasteiger partial charge in [0.25, 0.3) is 0 Å². The molecule has 0 atom stereocenters. The minimum atomic E-state index is -1.01. The summed E-state index contributed by atoms with van der Waals surface area (Å²) in [6.07, 6.45) is 1.10. The van der Waals surface area contributed by atoms with Gasteiger partial charge >= 0.3 is 11.9 Å². The molecule has 0 aliphatic heterocycles. The van der Waals surface area contributed by atoms with Gasteiger partial charge in [0, 0.05) is 12.1 Å². The first-order chi connectivity index (χ1) is 7.49. The molecule has 2 N–H and O–H groups in total. The van der Waals surface area contributed by atoms with Crippen molar-refractivity contribution in [2.75, 3.05) is 0 Å². The van der Waals surface area contributed by atoms with E-state index in [2.05, 4.69) is 20.9 Å². The van der Waals surface area contributed by atoms with Gasteiger partial charge in [-0.3, -0.25) is 9.59 Å². The topological polar surface area (TPSA) is 87.5 Å². The molecule has 0 fully saturated rings. The Labute approximate surface area is 100 Å². The molecule has 86 valence electrons. The Balaban J connectivity index is 2.90. The van der Waals surface area contributed by atoms with E-state index >= 15 is 0 Å². The summed E-state index contributed by atoms with van der Waals surface area (Å²) in [6, 6.07) is 3.26. The minimum Gasteiger partial charge on any atom is -0.481 e. The van der Waals surface area contributed by atoms with E-state index in [9.17, 15) is 9.59 Å². The van der Waals surface area contributed by atoms with E-state index in [1.165, 1.54) is 6.20 Å². The maximum Gasteiger partial charge on any atom is 0.303 e. The van der Waals surface area contributed by atoms with E-state index in [0.29, 0.717) is 10.2 Å². The Morgan fingerprint density at radius 2 is 1.88 bits per heavy atom. The maximum atomic E-state index is 10.6. The smallest absolute Gasteiger partial charge is 0.303 e. The molecule has 0 radical (unpaired) electrons. The van der Waals surface area contributed by atoms with Crippen LogP contribution in [0.5, 0.6) is 0 Å². The van der Waals surface area contributed by atoms with Crippen LogP contribution < -0.4 is 0 Å². The van der Waals surface area contributed by atoms with Gasteiger partial charge in [-0.1, -0.05) is 0 Å². The number of aliphatic carboxylic acids is 2. The summed E-state index contributed by atoms with van der Waals surface area (Å²) in [5.74, 6) is -2.56. The molecule has 1 aromatic heterocycles. The highest BCUT2D eigenvalue weighted by Gasteiger charge is 2.19. The molecule has 6 heteroatoms. The second kappa shape index (κ2) is 5.60. The van der Waals surface area contributed by atoms with Crippen molar-refractivity contribution < 1.29 is 19.8 Å². The van der Waals surface area contributed by atoms with Crippen LogP contribution in [-0.2, 0) is 9.59 Å². The van der Waals surface area contributed by atoms with Crippen molar-refractivity contribution in [3.05, 3.63) is 28.5 Å². The van der Waals surface area contributed by atoms with Gasteiger partial charge < -0.3 is 10.2 Å². The van der Waals surface area contributed by atoms with E-state index in [0.717, 1.165) is 0 Å². The van der Waals surface area contributed by atoms with Crippen molar-refractivity contribution in [1.82, 2.24) is 4.98 Å². The molecule has 1 aromatic rings. The number of nitrogens with zero attached hydrogens (tertiary/aromatic N) is 1. The quantitative estimate of drug-likeness (QED) is 0.808. The first-order valence-electron chi connectivity index (χ1n) is 4.54. The number of carbonyl (C=O) groups is 2. The number of carboxylic acids is 2. The van der Waals surface area contributed by atoms with Crippen LogP contribution in [0.1, 0.15) is 24.3 Å². The van der Waals surface area contributed by atoms with Gasteiger partial charge in [0.1, 0.15) is 4.60 Å². The van der Waals surface area contributed by atoms with Crippen molar-refractivity contribution in [2.45, 2.75) is 18.8 Å².